The van der Waals surface area contributed by atoms with E-state index < -0.39 is 36.8 Å². The zero-order chi connectivity index (χ0) is 15.1. The van der Waals surface area contributed by atoms with Crippen molar-refractivity contribution in [1.29, 1.82) is 0 Å². The van der Waals surface area contributed by atoms with E-state index in [4.69, 9.17) is 5.11 Å². The molecule has 112 valence electrons. The number of aromatic carboxylic acids is 1. The van der Waals surface area contributed by atoms with Crippen LogP contribution in [0.25, 0.3) is 0 Å². The van der Waals surface area contributed by atoms with Crippen molar-refractivity contribution in [1.82, 2.24) is 4.37 Å². The van der Waals surface area contributed by atoms with Gasteiger partial charge in [-0.05, 0) is 24.9 Å². The fraction of sp³-hybridized carbons (Fsp3) is 0.556. The second-order valence-electron chi connectivity index (χ2n) is 4.45. The Morgan fingerprint density at radius 1 is 1.50 bits per heavy atom. The Bertz CT molecular complexity index is 749. The van der Waals surface area contributed by atoms with Crippen LogP contribution in [0.3, 0.4) is 0 Å². The molecule has 0 aliphatic carbocycles. The highest BCUT2D eigenvalue weighted by molar-refractivity contribution is 7.97. The molecule has 2 rings (SSSR count). The lowest BCUT2D eigenvalue weighted by Gasteiger charge is -2.11. The van der Waals surface area contributed by atoms with Gasteiger partial charge in [-0.2, -0.15) is 4.37 Å². The van der Waals surface area contributed by atoms with Crippen LogP contribution in [0.15, 0.2) is 0 Å². The fourth-order valence-electron chi connectivity index (χ4n) is 1.91. The van der Waals surface area contributed by atoms with E-state index in [2.05, 4.69) is 9.10 Å². The standard InChI is InChI=1S/C9H12N2O6S3/c1-5-7(9(12)13)8(18-10-5)11-20(16,17)6-2-3-19(14,15)4-6/h6,11H,2-4H2,1H3,(H,12,13). The molecule has 0 bridgehead atoms. The van der Waals surface area contributed by atoms with Crippen LogP contribution in [-0.2, 0) is 19.9 Å². The lowest BCUT2D eigenvalue weighted by atomic mass is 10.2. The molecule has 8 nitrogen and oxygen atoms in total. The van der Waals surface area contributed by atoms with E-state index in [1.165, 1.54) is 6.92 Å². The van der Waals surface area contributed by atoms with Gasteiger partial charge in [0.1, 0.15) is 10.6 Å². The third-order valence-corrected chi connectivity index (χ3v) is 7.67. The van der Waals surface area contributed by atoms with Crippen molar-refractivity contribution < 1.29 is 26.7 Å². The largest absolute Gasteiger partial charge is 0.478 e. The van der Waals surface area contributed by atoms with Gasteiger partial charge in [-0.15, -0.1) is 0 Å². The van der Waals surface area contributed by atoms with Crippen LogP contribution in [-0.4, -0.2) is 49.0 Å². The van der Waals surface area contributed by atoms with Gasteiger partial charge in [0.15, 0.2) is 9.84 Å². The van der Waals surface area contributed by atoms with Gasteiger partial charge in [-0.1, -0.05) is 0 Å². The molecule has 2 heterocycles. The number of rotatable bonds is 4. The molecule has 1 aromatic rings. The molecule has 1 saturated heterocycles. The number of carbonyl (C=O) groups is 1. The monoisotopic (exact) mass is 340 g/mol. The minimum atomic E-state index is -3.95. The summed E-state index contributed by atoms with van der Waals surface area (Å²) >= 11 is 0.719. The minimum absolute atomic E-state index is 0.0118. The van der Waals surface area contributed by atoms with Crippen LogP contribution in [0.1, 0.15) is 22.5 Å². The second kappa shape index (κ2) is 4.97. The summed E-state index contributed by atoms with van der Waals surface area (Å²) in [5.41, 5.74) is -0.00123. The SMILES string of the molecule is Cc1nsc(NS(=O)(=O)C2CCS(=O)(=O)C2)c1C(=O)O. The number of hydrogen-bond acceptors (Lipinski definition) is 7. The van der Waals surface area contributed by atoms with Crippen LogP contribution in [0.2, 0.25) is 0 Å². The maximum Gasteiger partial charge on any atom is 0.340 e. The van der Waals surface area contributed by atoms with Gasteiger partial charge in [-0.3, -0.25) is 4.72 Å². The van der Waals surface area contributed by atoms with E-state index in [0.717, 1.165) is 11.5 Å². The molecule has 1 aromatic heterocycles. The van der Waals surface area contributed by atoms with Gasteiger partial charge in [0, 0.05) is 0 Å². The smallest absolute Gasteiger partial charge is 0.340 e. The highest BCUT2D eigenvalue weighted by Crippen LogP contribution is 2.28. The van der Waals surface area contributed by atoms with Crippen molar-refractivity contribution >= 4 is 42.4 Å². The maximum absolute atomic E-state index is 12.1. The number of nitrogens with zero attached hydrogens (tertiary/aromatic N) is 1. The van der Waals surface area contributed by atoms with E-state index in [9.17, 15) is 21.6 Å². The van der Waals surface area contributed by atoms with Crippen LogP contribution in [0, 0.1) is 6.92 Å². The first-order valence-corrected chi connectivity index (χ1v) is 9.68. The third-order valence-electron chi connectivity index (χ3n) is 2.94. The molecule has 1 fully saturated rings. The first-order valence-electron chi connectivity index (χ1n) is 5.54. The van der Waals surface area contributed by atoms with E-state index in [0.29, 0.717) is 0 Å². The average molecular weight is 340 g/mol. The zero-order valence-corrected chi connectivity index (χ0v) is 12.8. The zero-order valence-electron chi connectivity index (χ0n) is 10.4. The molecule has 1 atom stereocenters. The Labute approximate surface area is 120 Å². The predicted octanol–water partition coefficient (Wildman–Crippen LogP) is 0.0785. The summed E-state index contributed by atoms with van der Waals surface area (Å²) in [5.74, 6) is -1.90. The topological polar surface area (TPSA) is 130 Å². The number of sulfonamides is 1. The first-order chi connectivity index (χ1) is 9.12. The van der Waals surface area contributed by atoms with Gasteiger partial charge in [0.05, 0.1) is 22.4 Å². The molecule has 1 aliphatic heterocycles. The number of nitrogens with one attached hydrogen (secondary N) is 1. The summed E-state index contributed by atoms with van der Waals surface area (Å²) in [7, 11) is -7.29. The summed E-state index contributed by atoms with van der Waals surface area (Å²) in [6, 6.07) is 0. The second-order valence-corrected chi connectivity index (χ2v) is 9.41. The number of aromatic nitrogens is 1. The van der Waals surface area contributed by atoms with Gasteiger partial charge in [0.2, 0.25) is 10.0 Å². The van der Waals surface area contributed by atoms with Crippen molar-refractivity contribution in [3.05, 3.63) is 11.3 Å². The lowest BCUT2D eigenvalue weighted by Crippen LogP contribution is -2.29. The summed E-state index contributed by atoms with van der Waals surface area (Å²) < 4.78 is 52.8. The molecule has 11 heteroatoms. The normalized spacial score (nSPS) is 21.8. The molecular weight excluding hydrogens is 328 g/mol. The van der Waals surface area contributed by atoms with Crippen molar-refractivity contribution in [2.45, 2.75) is 18.6 Å². The van der Waals surface area contributed by atoms with E-state index in [1.807, 2.05) is 0 Å². The Balaban J connectivity index is 2.28. The Morgan fingerprint density at radius 3 is 2.65 bits per heavy atom. The highest BCUT2D eigenvalue weighted by atomic mass is 32.2. The number of carboxylic acid groups (broad SMARTS) is 1. The van der Waals surface area contributed by atoms with E-state index >= 15 is 0 Å². The quantitative estimate of drug-likeness (QED) is 0.793. The van der Waals surface area contributed by atoms with Gasteiger partial charge in [0.25, 0.3) is 0 Å². The Hall–Kier alpha value is -1.20. The fourth-order valence-corrected chi connectivity index (χ4v) is 7.04. The van der Waals surface area contributed by atoms with Crippen LogP contribution >= 0.6 is 11.5 Å². The van der Waals surface area contributed by atoms with Gasteiger partial charge in [-0.25, -0.2) is 21.6 Å². The third kappa shape index (κ3) is 2.94. The number of aryl methyl sites for hydroxylation is 1. The Morgan fingerprint density at radius 2 is 2.15 bits per heavy atom. The van der Waals surface area contributed by atoms with Crippen LogP contribution < -0.4 is 4.72 Å². The van der Waals surface area contributed by atoms with Crippen molar-refractivity contribution in [2.75, 3.05) is 16.2 Å². The highest BCUT2D eigenvalue weighted by Gasteiger charge is 2.38. The number of sulfone groups is 1. The lowest BCUT2D eigenvalue weighted by molar-refractivity contribution is 0.0697. The molecule has 1 unspecified atom stereocenters. The van der Waals surface area contributed by atoms with Gasteiger partial charge < -0.3 is 5.11 Å². The summed E-state index contributed by atoms with van der Waals surface area (Å²) in [5, 5.41) is 7.86. The van der Waals surface area contributed by atoms with Crippen LogP contribution in [0.4, 0.5) is 5.00 Å². The molecule has 0 amide bonds. The van der Waals surface area contributed by atoms with E-state index in [-0.39, 0.29) is 28.4 Å². The van der Waals surface area contributed by atoms with Gasteiger partial charge >= 0.3 is 5.97 Å². The summed E-state index contributed by atoms with van der Waals surface area (Å²) in [6.07, 6.45) is 0.0118. The number of hydrogen-bond donors (Lipinski definition) is 2. The predicted molar refractivity (Wildman–Crippen MR) is 73.4 cm³/mol. The van der Waals surface area contributed by atoms with Crippen molar-refractivity contribution in [2.24, 2.45) is 0 Å². The molecule has 0 aromatic carbocycles. The molecule has 0 saturated carbocycles. The summed E-state index contributed by atoms with van der Waals surface area (Å²) in [4.78, 5) is 11.0. The van der Waals surface area contributed by atoms with Crippen molar-refractivity contribution in [3.63, 3.8) is 0 Å². The molecular formula is C9H12N2O6S3. The summed E-state index contributed by atoms with van der Waals surface area (Å²) in [6.45, 7) is 1.46. The minimum Gasteiger partial charge on any atom is -0.478 e. The van der Waals surface area contributed by atoms with Crippen LogP contribution in [0.5, 0.6) is 0 Å². The Kier molecular flexibility index (Phi) is 3.77. The number of anilines is 1. The molecule has 20 heavy (non-hydrogen) atoms. The molecule has 1 aliphatic rings. The van der Waals surface area contributed by atoms with Crippen molar-refractivity contribution in [3.8, 4) is 0 Å². The molecule has 2 N–H and O–H groups in total. The maximum atomic E-state index is 12.1. The average Bonchev–Trinajstić information content (AvgIpc) is 2.82. The number of carboxylic acids is 1. The van der Waals surface area contributed by atoms with E-state index in [1.54, 1.807) is 0 Å². The molecule has 0 radical (unpaired) electrons. The molecule has 0 spiro atoms. The first kappa shape index (κ1) is 15.2.